The van der Waals surface area contributed by atoms with Crippen molar-refractivity contribution in [2.24, 2.45) is 5.73 Å². The molecule has 0 bridgehead atoms. The van der Waals surface area contributed by atoms with Gasteiger partial charge in [-0.15, -0.1) is 0 Å². The molecule has 0 saturated heterocycles. The first-order valence-electron chi connectivity index (χ1n) is 6.50. The van der Waals surface area contributed by atoms with Gasteiger partial charge in [0.15, 0.2) is 0 Å². The van der Waals surface area contributed by atoms with Crippen LogP contribution in [0.5, 0.6) is 0 Å². The third kappa shape index (κ3) is 4.25. The number of ether oxygens (including phenoxy) is 1. The van der Waals surface area contributed by atoms with Crippen molar-refractivity contribution in [2.45, 2.75) is 33.9 Å². The van der Waals surface area contributed by atoms with Crippen LogP contribution in [0.25, 0.3) is 11.4 Å². The van der Waals surface area contributed by atoms with E-state index in [1.165, 1.54) is 6.20 Å². The third-order valence-corrected chi connectivity index (χ3v) is 2.79. The molecular formula is C14H20ClN5O2. The van der Waals surface area contributed by atoms with Gasteiger partial charge < -0.3 is 15.0 Å². The average molecular weight is 326 g/mol. The molecule has 22 heavy (non-hydrogen) atoms. The zero-order valence-corrected chi connectivity index (χ0v) is 12.5. The quantitative estimate of drug-likeness (QED) is 0.668. The van der Waals surface area contributed by atoms with Gasteiger partial charge in [-0.1, -0.05) is 7.43 Å². The Morgan fingerprint density at radius 2 is 2.18 bits per heavy atom. The lowest BCUT2D eigenvalue weighted by Gasteiger charge is -2.09. The zero-order chi connectivity index (χ0) is 15.4. The summed E-state index contributed by atoms with van der Waals surface area (Å²) in [5.41, 5.74) is 6.84. The lowest BCUT2D eigenvalue weighted by molar-refractivity contribution is 0.0506. The number of nitrogens with two attached hydrogens (primary N) is 1. The summed E-state index contributed by atoms with van der Waals surface area (Å²) in [5.74, 6) is -0.302. The van der Waals surface area contributed by atoms with Crippen molar-refractivity contribution in [2.75, 3.05) is 6.61 Å². The molecule has 2 N–H and O–H groups in total. The van der Waals surface area contributed by atoms with E-state index in [2.05, 4.69) is 15.0 Å². The highest BCUT2D eigenvalue weighted by Crippen LogP contribution is 2.18. The van der Waals surface area contributed by atoms with Crippen LogP contribution in [0.15, 0.2) is 18.5 Å². The number of carbonyl (C=O) groups excluding carboxylic acids is 1. The summed E-state index contributed by atoms with van der Waals surface area (Å²) in [6.07, 6.45) is 3.23. The van der Waals surface area contributed by atoms with Crippen LogP contribution < -0.4 is 5.73 Å². The molecule has 0 amide bonds. The van der Waals surface area contributed by atoms with Gasteiger partial charge in [0.2, 0.25) is 11.1 Å². The Balaban J connectivity index is 0.00000242. The molecule has 0 aliphatic heterocycles. The second-order valence-corrected chi connectivity index (χ2v) is 4.85. The molecule has 7 nitrogen and oxygen atoms in total. The van der Waals surface area contributed by atoms with E-state index in [0.29, 0.717) is 17.9 Å². The topological polar surface area (TPSA) is 95.9 Å². The maximum Gasteiger partial charge on any atom is 0.374 e. The number of rotatable bonds is 5. The number of halogens is 1. The molecule has 0 unspecified atom stereocenters. The summed E-state index contributed by atoms with van der Waals surface area (Å²) >= 11 is 5.77. The molecule has 0 saturated carbocycles. The molecule has 0 spiro atoms. The van der Waals surface area contributed by atoms with Crippen molar-refractivity contribution in [3.05, 3.63) is 29.6 Å². The Morgan fingerprint density at radius 3 is 2.77 bits per heavy atom. The molecule has 2 rings (SSSR count). The van der Waals surface area contributed by atoms with Gasteiger partial charge in [-0.25, -0.2) is 19.7 Å². The van der Waals surface area contributed by atoms with Crippen molar-refractivity contribution >= 4 is 17.6 Å². The molecule has 2 aromatic rings. The number of hydrogen-bond acceptors (Lipinski definition) is 6. The summed E-state index contributed by atoms with van der Waals surface area (Å²) in [6.45, 7) is 4.30. The van der Waals surface area contributed by atoms with Crippen LogP contribution in [-0.2, 0) is 11.3 Å². The van der Waals surface area contributed by atoms with E-state index < -0.39 is 5.97 Å². The fourth-order valence-electron chi connectivity index (χ4n) is 1.82. The van der Waals surface area contributed by atoms with Crippen LogP contribution in [0.4, 0.5) is 0 Å². The lowest BCUT2D eigenvalue weighted by Crippen LogP contribution is -2.24. The first-order valence-corrected chi connectivity index (χ1v) is 6.87. The van der Waals surface area contributed by atoms with Crippen molar-refractivity contribution in [3.63, 3.8) is 0 Å². The number of hydrogen-bond donors (Lipinski definition) is 1. The summed E-state index contributed by atoms with van der Waals surface area (Å²) in [6, 6.07) is 1.54. The van der Waals surface area contributed by atoms with E-state index >= 15 is 0 Å². The number of carbonyl (C=O) groups is 1. The maximum absolute atomic E-state index is 12.0. The van der Waals surface area contributed by atoms with Crippen molar-refractivity contribution in [3.8, 4) is 11.4 Å². The molecule has 0 radical (unpaired) electrons. The van der Waals surface area contributed by atoms with Crippen molar-refractivity contribution in [1.29, 1.82) is 0 Å². The van der Waals surface area contributed by atoms with E-state index in [1.54, 1.807) is 23.8 Å². The maximum atomic E-state index is 12.0. The second-order valence-electron chi connectivity index (χ2n) is 4.51. The highest BCUT2D eigenvalue weighted by atomic mass is 35.5. The van der Waals surface area contributed by atoms with E-state index in [-0.39, 0.29) is 31.2 Å². The summed E-state index contributed by atoms with van der Waals surface area (Å²) in [7, 11) is 0. The smallest absolute Gasteiger partial charge is 0.374 e. The second kappa shape index (κ2) is 7.86. The molecule has 2 heterocycles. The van der Waals surface area contributed by atoms with Crippen molar-refractivity contribution < 1.29 is 9.53 Å². The SMILES string of the molecule is C.CCOC(=O)c1nc(-c2ccnc(Cl)n2)cn1C[C@H](C)N. The van der Waals surface area contributed by atoms with Gasteiger partial charge in [-0.3, -0.25) is 0 Å². The molecule has 120 valence electrons. The summed E-state index contributed by atoms with van der Waals surface area (Å²) in [5, 5.41) is 0.118. The summed E-state index contributed by atoms with van der Waals surface area (Å²) < 4.78 is 6.66. The van der Waals surface area contributed by atoms with Gasteiger partial charge in [-0.2, -0.15) is 0 Å². The number of aromatic nitrogens is 4. The van der Waals surface area contributed by atoms with Gasteiger partial charge in [0.25, 0.3) is 0 Å². The van der Waals surface area contributed by atoms with Gasteiger partial charge in [-0.05, 0) is 31.5 Å². The predicted molar refractivity (Wildman–Crippen MR) is 84.6 cm³/mol. The zero-order valence-electron chi connectivity index (χ0n) is 11.8. The standard InChI is InChI=1S/C13H16ClN5O2.CH4/c1-3-21-12(20)11-17-10(7-19(11)6-8(2)15)9-4-5-16-13(14)18-9;/h4-5,7-8H,3,6,15H2,1-2H3;1H4/t8-;/m0./s1. The molecule has 8 heteroatoms. The monoisotopic (exact) mass is 325 g/mol. The first-order chi connectivity index (χ1) is 10.0. The van der Waals surface area contributed by atoms with E-state index in [1.807, 2.05) is 6.92 Å². The Bertz CT molecular complexity index is 642. The Morgan fingerprint density at radius 1 is 1.45 bits per heavy atom. The van der Waals surface area contributed by atoms with Gasteiger partial charge in [0.05, 0.1) is 12.3 Å². The van der Waals surface area contributed by atoms with Crippen LogP contribution in [-0.4, -0.2) is 38.1 Å². The van der Waals surface area contributed by atoms with Crippen molar-refractivity contribution in [1.82, 2.24) is 19.5 Å². The average Bonchev–Trinajstić information content (AvgIpc) is 2.82. The number of esters is 1. The molecule has 0 aliphatic rings. The van der Waals surface area contributed by atoms with Crippen LogP contribution in [0, 0.1) is 0 Å². The van der Waals surface area contributed by atoms with Gasteiger partial charge in [0.1, 0.15) is 5.69 Å². The Kier molecular flexibility index (Phi) is 6.45. The minimum Gasteiger partial charge on any atom is -0.460 e. The molecule has 0 fully saturated rings. The Hall–Kier alpha value is -1.99. The predicted octanol–water partition coefficient (Wildman–Crippen LogP) is 2.15. The molecular weight excluding hydrogens is 306 g/mol. The van der Waals surface area contributed by atoms with E-state index in [0.717, 1.165) is 0 Å². The van der Waals surface area contributed by atoms with Crippen LogP contribution >= 0.6 is 11.6 Å². The minimum atomic E-state index is -0.496. The largest absolute Gasteiger partial charge is 0.460 e. The summed E-state index contributed by atoms with van der Waals surface area (Å²) in [4.78, 5) is 24.1. The highest BCUT2D eigenvalue weighted by molar-refractivity contribution is 6.28. The van der Waals surface area contributed by atoms with E-state index in [4.69, 9.17) is 22.1 Å². The van der Waals surface area contributed by atoms with E-state index in [9.17, 15) is 4.79 Å². The fraction of sp³-hybridized carbons (Fsp3) is 0.429. The first kappa shape index (κ1) is 18.1. The number of imidazole rings is 1. The Labute approximate surface area is 134 Å². The van der Waals surface area contributed by atoms with Gasteiger partial charge in [0, 0.05) is 25.0 Å². The molecule has 0 aliphatic carbocycles. The molecule has 0 aromatic carbocycles. The number of nitrogens with zero attached hydrogens (tertiary/aromatic N) is 4. The molecule has 2 aromatic heterocycles. The van der Waals surface area contributed by atoms with Crippen LogP contribution in [0.2, 0.25) is 5.28 Å². The molecule has 1 atom stereocenters. The lowest BCUT2D eigenvalue weighted by atomic mass is 10.3. The normalized spacial score (nSPS) is 11.6. The third-order valence-electron chi connectivity index (χ3n) is 2.61. The van der Waals surface area contributed by atoms with Crippen LogP contribution in [0.3, 0.4) is 0 Å². The van der Waals surface area contributed by atoms with Crippen LogP contribution in [0.1, 0.15) is 31.9 Å². The van der Waals surface area contributed by atoms with Gasteiger partial charge >= 0.3 is 5.97 Å². The highest BCUT2D eigenvalue weighted by Gasteiger charge is 2.19. The minimum absolute atomic E-state index is 0. The fourth-order valence-corrected chi connectivity index (χ4v) is 1.97.